The van der Waals surface area contributed by atoms with Crippen LogP contribution in [0.2, 0.25) is 0 Å². The minimum atomic E-state index is -0.348. The number of pyridine rings is 1. The van der Waals surface area contributed by atoms with Gasteiger partial charge in [-0.05, 0) is 30.2 Å². The first-order chi connectivity index (χ1) is 15.6. The lowest BCUT2D eigenvalue weighted by atomic mass is 10.1. The molecule has 1 amide bonds. The summed E-state index contributed by atoms with van der Waals surface area (Å²) >= 11 is 1.25. The summed E-state index contributed by atoms with van der Waals surface area (Å²) in [7, 11) is 3.19. The molecule has 9 heteroatoms. The van der Waals surface area contributed by atoms with Crippen molar-refractivity contribution in [3.63, 3.8) is 0 Å². The predicted molar refractivity (Wildman–Crippen MR) is 123 cm³/mol. The normalized spacial score (nSPS) is 10.9. The Morgan fingerprint density at radius 1 is 1.06 bits per heavy atom. The Morgan fingerprint density at radius 2 is 1.81 bits per heavy atom. The third-order valence-electron chi connectivity index (χ3n) is 4.99. The number of benzene rings is 2. The van der Waals surface area contributed by atoms with Gasteiger partial charge in [-0.3, -0.25) is 14.9 Å². The Hall–Kier alpha value is -3.56. The molecule has 2 aromatic carbocycles. The maximum Gasteiger partial charge on any atom is 0.259 e. The van der Waals surface area contributed by atoms with Gasteiger partial charge in [0.25, 0.3) is 11.5 Å². The van der Waals surface area contributed by atoms with Crippen molar-refractivity contribution in [2.75, 3.05) is 19.5 Å². The van der Waals surface area contributed by atoms with Gasteiger partial charge in [0.2, 0.25) is 5.13 Å². The molecule has 1 N–H and O–H groups in total. The van der Waals surface area contributed by atoms with Crippen LogP contribution >= 0.6 is 11.3 Å². The number of aromatic nitrogens is 3. The number of methoxy groups -OCH3 is 2. The molecule has 0 unspecified atom stereocenters. The number of carbonyl (C=O) groups excluding carboxylic acids is 1. The van der Waals surface area contributed by atoms with Gasteiger partial charge >= 0.3 is 0 Å². The van der Waals surface area contributed by atoms with E-state index < -0.39 is 0 Å². The second-order valence-corrected chi connectivity index (χ2v) is 8.14. The summed E-state index contributed by atoms with van der Waals surface area (Å²) < 4.78 is 11.8. The summed E-state index contributed by atoms with van der Waals surface area (Å²) in [6.07, 6.45) is 2.25. The molecule has 4 aromatic rings. The van der Waals surface area contributed by atoms with Gasteiger partial charge in [-0.15, -0.1) is 10.2 Å². The average Bonchev–Trinajstić information content (AvgIpc) is 3.26. The number of ether oxygens (including phenoxy) is 2. The monoisotopic (exact) mass is 450 g/mol. The molecular formula is C23H22N4O4S. The number of hydrogen-bond donors (Lipinski definition) is 1. The van der Waals surface area contributed by atoms with Crippen LogP contribution in [0.4, 0.5) is 5.13 Å². The highest BCUT2D eigenvalue weighted by Gasteiger charge is 2.16. The molecule has 0 radical (unpaired) electrons. The zero-order valence-electron chi connectivity index (χ0n) is 17.7. The van der Waals surface area contributed by atoms with Crippen LogP contribution in [0.15, 0.2) is 59.5 Å². The second-order valence-electron chi connectivity index (χ2n) is 7.07. The van der Waals surface area contributed by atoms with Crippen molar-refractivity contribution in [2.24, 2.45) is 0 Å². The van der Waals surface area contributed by atoms with Gasteiger partial charge in [-0.2, -0.15) is 0 Å². The van der Waals surface area contributed by atoms with Crippen molar-refractivity contribution in [1.29, 1.82) is 0 Å². The highest BCUT2D eigenvalue weighted by Crippen LogP contribution is 2.20. The molecule has 0 aliphatic carbocycles. The molecule has 0 saturated heterocycles. The van der Waals surface area contributed by atoms with Crippen LogP contribution < -0.4 is 15.6 Å². The number of fused-ring (bicyclic) bond motifs is 1. The van der Waals surface area contributed by atoms with Crippen LogP contribution in [-0.2, 0) is 24.3 Å². The number of aryl methyl sites for hydroxylation is 2. The predicted octanol–water partition coefficient (Wildman–Crippen LogP) is 3.50. The number of anilines is 1. The van der Waals surface area contributed by atoms with Crippen LogP contribution in [0.25, 0.3) is 10.8 Å². The Balaban J connectivity index is 1.63. The fourth-order valence-corrected chi connectivity index (χ4v) is 4.09. The number of hydrogen-bond acceptors (Lipinski definition) is 7. The van der Waals surface area contributed by atoms with Gasteiger partial charge in [0, 0.05) is 30.6 Å². The number of amides is 1. The largest absolute Gasteiger partial charge is 0.497 e. The fourth-order valence-electron chi connectivity index (χ4n) is 3.38. The molecule has 0 atom stereocenters. The average molecular weight is 451 g/mol. The molecule has 32 heavy (non-hydrogen) atoms. The topological polar surface area (TPSA) is 95.3 Å². The summed E-state index contributed by atoms with van der Waals surface area (Å²) in [6, 6.07) is 14.8. The molecule has 0 fully saturated rings. The van der Waals surface area contributed by atoms with E-state index in [2.05, 4.69) is 15.5 Å². The summed E-state index contributed by atoms with van der Waals surface area (Å²) in [5.41, 5.74) is 1.33. The summed E-state index contributed by atoms with van der Waals surface area (Å²) in [5, 5.41) is 12.9. The van der Waals surface area contributed by atoms with Crippen molar-refractivity contribution in [1.82, 2.24) is 14.8 Å². The van der Waals surface area contributed by atoms with Crippen LogP contribution in [0.5, 0.6) is 5.75 Å². The van der Waals surface area contributed by atoms with Gasteiger partial charge in [0.05, 0.1) is 12.7 Å². The minimum Gasteiger partial charge on any atom is -0.497 e. The molecule has 0 aliphatic heterocycles. The molecule has 8 nitrogen and oxygen atoms in total. The zero-order chi connectivity index (χ0) is 22.5. The van der Waals surface area contributed by atoms with Crippen molar-refractivity contribution in [3.8, 4) is 5.75 Å². The number of rotatable bonds is 8. The van der Waals surface area contributed by atoms with Crippen molar-refractivity contribution in [3.05, 3.63) is 81.2 Å². The van der Waals surface area contributed by atoms with E-state index >= 15 is 0 Å². The Morgan fingerprint density at radius 3 is 2.53 bits per heavy atom. The van der Waals surface area contributed by atoms with E-state index in [1.54, 1.807) is 43.2 Å². The van der Waals surface area contributed by atoms with E-state index in [0.717, 1.165) is 11.3 Å². The highest BCUT2D eigenvalue weighted by atomic mass is 32.1. The zero-order valence-corrected chi connectivity index (χ0v) is 18.5. The fraction of sp³-hybridized carbons (Fsp3) is 0.217. The van der Waals surface area contributed by atoms with Crippen molar-refractivity contribution < 1.29 is 14.3 Å². The van der Waals surface area contributed by atoms with Crippen LogP contribution in [0, 0.1) is 0 Å². The Kier molecular flexibility index (Phi) is 6.58. The summed E-state index contributed by atoms with van der Waals surface area (Å²) in [4.78, 5) is 26.1. The van der Waals surface area contributed by atoms with Gasteiger partial charge in [0.15, 0.2) is 0 Å². The smallest absolute Gasteiger partial charge is 0.259 e. The maximum atomic E-state index is 13.1. The molecule has 0 bridgehead atoms. The molecule has 0 aliphatic rings. The van der Waals surface area contributed by atoms with Crippen LogP contribution in [0.3, 0.4) is 0 Å². The molecule has 164 valence electrons. The van der Waals surface area contributed by atoms with E-state index in [-0.39, 0.29) is 11.5 Å². The summed E-state index contributed by atoms with van der Waals surface area (Å²) in [6.45, 7) is 0.764. The lowest BCUT2D eigenvalue weighted by Gasteiger charge is -2.12. The lowest BCUT2D eigenvalue weighted by Crippen LogP contribution is -2.24. The first-order valence-corrected chi connectivity index (χ1v) is 10.8. The molecular weight excluding hydrogens is 428 g/mol. The number of nitrogens with one attached hydrogen (secondary N) is 1. The Bertz CT molecular complexity index is 1300. The maximum absolute atomic E-state index is 13.1. The standard InChI is InChI=1S/C23H22N4O4S/c1-30-14-20-25-26-23(32-20)24-21(28)19-13-27(22(29)18-6-4-3-5-17(18)19)12-11-15-7-9-16(31-2)10-8-15/h3-10,13H,11-12,14H2,1-2H3,(H,24,26,28). The van der Waals surface area contributed by atoms with E-state index in [0.29, 0.717) is 46.0 Å². The SMILES string of the molecule is COCc1nnc(NC(=O)c2cn(CCc3ccc(OC)cc3)c(=O)c3ccccc23)s1. The molecule has 2 aromatic heterocycles. The Labute approximate surface area is 188 Å². The van der Waals surface area contributed by atoms with Gasteiger partial charge < -0.3 is 14.0 Å². The van der Waals surface area contributed by atoms with Gasteiger partial charge in [0.1, 0.15) is 17.4 Å². The van der Waals surface area contributed by atoms with Gasteiger partial charge in [-0.1, -0.05) is 41.7 Å². The van der Waals surface area contributed by atoms with E-state index in [4.69, 9.17) is 9.47 Å². The highest BCUT2D eigenvalue weighted by molar-refractivity contribution is 7.15. The molecule has 0 saturated carbocycles. The van der Waals surface area contributed by atoms with E-state index in [1.807, 2.05) is 30.3 Å². The van der Waals surface area contributed by atoms with E-state index in [1.165, 1.54) is 11.3 Å². The lowest BCUT2D eigenvalue weighted by molar-refractivity contribution is 0.102. The van der Waals surface area contributed by atoms with Crippen LogP contribution in [0.1, 0.15) is 20.9 Å². The summed E-state index contributed by atoms with van der Waals surface area (Å²) in [5.74, 6) is 0.431. The first-order valence-electron chi connectivity index (χ1n) is 9.97. The molecule has 2 heterocycles. The van der Waals surface area contributed by atoms with E-state index in [9.17, 15) is 9.59 Å². The van der Waals surface area contributed by atoms with Gasteiger partial charge in [-0.25, -0.2) is 0 Å². The van der Waals surface area contributed by atoms with Crippen molar-refractivity contribution >= 4 is 33.1 Å². The third kappa shape index (κ3) is 4.68. The second kappa shape index (κ2) is 9.71. The molecule has 0 spiro atoms. The minimum absolute atomic E-state index is 0.135. The van der Waals surface area contributed by atoms with Crippen LogP contribution in [-0.4, -0.2) is 34.9 Å². The third-order valence-corrected chi connectivity index (χ3v) is 5.81. The number of carbonyl (C=O) groups is 1. The first kappa shape index (κ1) is 21.7. The quantitative estimate of drug-likeness (QED) is 0.441. The molecule has 4 rings (SSSR count). The van der Waals surface area contributed by atoms with Crippen molar-refractivity contribution in [2.45, 2.75) is 19.6 Å². The number of nitrogens with zero attached hydrogens (tertiary/aromatic N) is 3.